The van der Waals surface area contributed by atoms with E-state index < -0.39 is 0 Å². The van der Waals surface area contributed by atoms with Crippen LogP contribution in [0.2, 0.25) is 0 Å². The van der Waals surface area contributed by atoms with Crippen LogP contribution in [0, 0.1) is 0 Å². The van der Waals surface area contributed by atoms with Crippen LogP contribution in [-0.2, 0) is 4.79 Å². The van der Waals surface area contributed by atoms with Gasteiger partial charge in [0.1, 0.15) is 0 Å². The van der Waals surface area contributed by atoms with Crippen molar-refractivity contribution >= 4 is 11.9 Å². The monoisotopic (exact) mass is 243 g/mol. The third-order valence-electron chi connectivity index (χ3n) is 2.38. The van der Waals surface area contributed by atoms with Gasteiger partial charge in [0.05, 0.1) is 0 Å². The average molecular weight is 243 g/mol. The van der Waals surface area contributed by atoms with Gasteiger partial charge in [0.25, 0.3) is 0 Å². The van der Waals surface area contributed by atoms with Crippen LogP contribution >= 0.6 is 0 Å². The predicted molar refractivity (Wildman–Crippen MR) is 68.9 cm³/mol. The summed E-state index contributed by atoms with van der Waals surface area (Å²) in [4.78, 5) is 26.7. The fraction of sp³-hybridized carbons (Fsp3) is 0.833. The fourth-order valence-corrected chi connectivity index (χ4v) is 1.47. The molecule has 0 heterocycles. The molecule has 0 aromatic carbocycles. The summed E-state index contributed by atoms with van der Waals surface area (Å²) >= 11 is 0. The molecule has 5 heteroatoms. The lowest BCUT2D eigenvalue weighted by Gasteiger charge is -2.19. The van der Waals surface area contributed by atoms with Crippen molar-refractivity contribution in [3.05, 3.63) is 0 Å². The van der Waals surface area contributed by atoms with E-state index in [4.69, 9.17) is 0 Å². The Morgan fingerprint density at radius 2 is 1.82 bits per heavy atom. The van der Waals surface area contributed by atoms with Crippen LogP contribution < -0.4 is 5.32 Å². The number of urea groups is 1. The van der Waals surface area contributed by atoms with E-state index >= 15 is 0 Å². The second-order valence-electron chi connectivity index (χ2n) is 4.28. The summed E-state index contributed by atoms with van der Waals surface area (Å²) in [5, 5.41) is 2.77. The van der Waals surface area contributed by atoms with Crippen molar-refractivity contribution in [1.29, 1.82) is 0 Å². The van der Waals surface area contributed by atoms with Gasteiger partial charge < -0.3 is 10.2 Å². The van der Waals surface area contributed by atoms with Gasteiger partial charge in [0, 0.05) is 19.5 Å². The number of rotatable bonds is 7. The number of hydrogen-bond donors (Lipinski definition) is 1. The number of hydrogen-bond acceptors (Lipinski definition) is 3. The van der Waals surface area contributed by atoms with E-state index in [2.05, 4.69) is 10.2 Å². The molecule has 1 N–H and O–H groups in total. The Morgan fingerprint density at radius 3 is 2.29 bits per heavy atom. The summed E-state index contributed by atoms with van der Waals surface area (Å²) in [5.41, 5.74) is 0. The second-order valence-corrected chi connectivity index (χ2v) is 4.28. The molecule has 0 fully saturated rings. The van der Waals surface area contributed by atoms with Crippen molar-refractivity contribution in [2.45, 2.75) is 33.1 Å². The van der Waals surface area contributed by atoms with E-state index in [-0.39, 0.29) is 11.9 Å². The molecule has 0 atom stereocenters. The van der Waals surface area contributed by atoms with Gasteiger partial charge in [-0.15, -0.1) is 0 Å². The lowest BCUT2D eigenvalue weighted by Crippen LogP contribution is -2.44. The third-order valence-corrected chi connectivity index (χ3v) is 2.38. The molecule has 0 spiro atoms. The van der Waals surface area contributed by atoms with Crippen molar-refractivity contribution in [1.82, 2.24) is 15.1 Å². The van der Waals surface area contributed by atoms with Crippen LogP contribution in [0.15, 0.2) is 0 Å². The maximum atomic E-state index is 11.7. The highest BCUT2D eigenvalue weighted by molar-refractivity contribution is 5.94. The van der Waals surface area contributed by atoms with Crippen LogP contribution in [0.5, 0.6) is 0 Å². The highest BCUT2D eigenvalue weighted by Gasteiger charge is 2.17. The first-order valence-corrected chi connectivity index (χ1v) is 6.25. The Bertz CT molecular complexity index is 242. The van der Waals surface area contributed by atoms with Crippen molar-refractivity contribution in [3.8, 4) is 0 Å². The summed E-state index contributed by atoms with van der Waals surface area (Å²) in [6.45, 7) is 5.70. The Kier molecular flexibility index (Phi) is 8.40. The maximum Gasteiger partial charge on any atom is 0.324 e. The number of nitrogens with one attached hydrogen (secondary N) is 1. The van der Waals surface area contributed by atoms with Crippen LogP contribution in [-0.4, -0.2) is 55.5 Å². The van der Waals surface area contributed by atoms with Crippen LogP contribution in [0.1, 0.15) is 33.1 Å². The molecule has 0 rings (SSSR count). The molecule has 5 nitrogen and oxygen atoms in total. The first-order chi connectivity index (χ1) is 8.02. The van der Waals surface area contributed by atoms with Crippen molar-refractivity contribution < 1.29 is 9.59 Å². The molecular formula is C12H25N3O2. The smallest absolute Gasteiger partial charge is 0.324 e. The van der Waals surface area contributed by atoms with E-state index in [1.165, 1.54) is 4.90 Å². The number of imide groups is 1. The van der Waals surface area contributed by atoms with Gasteiger partial charge in [-0.2, -0.15) is 0 Å². The normalized spacial score (nSPS) is 10.4. The van der Waals surface area contributed by atoms with Gasteiger partial charge in [-0.25, -0.2) is 4.79 Å². The van der Waals surface area contributed by atoms with Gasteiger partial charge >= 0.3 is 6.03 Å². The Hall–Kier alpha value is -1.10. The Morgan fingerprint density at radius 1 is 1.18 bits per heavy atom. The lowest BCUT2D eigenvalue weighted by atomic mass is 10.3. The first kappa shape index (κ1) is 15.9. The lowest BCUT2D eigenvalue weighted by molar-refractivity contribution is -0.128. The van der Waals surface area contributed by atoms with E-state index in [1.807, 2.05) is 27.9 Å². The van der Waals surface area contributed by atoms with Gasteiger partial charge in [0.15, 0.2) is 0 Å². The molecule has 0 unspecified atom stereocenters. The summed E-state index contributed by atoms with van der Waals surface area (Å²) < 4.78 is 0. The van der Waals surface area contributed by atoms with Crippen molar-refractivity contribution in [2.24, 2.45) is 0 Å². The maximum absolute atomic E-state index is 11.7. The minimum atomic E-state index is -0.273. The number of amides is 3. The number of carbonyl (C=O) groups is 2. The highest BCUT2D eigenvalue weighted by atomic mass is 16.2. The average Bonchev–Trinajstić information content (AvgIpc) is 2.25. The largest absolute Gasteiger partial charge is 0.338 e. The van der Waals surface area contributed by atoms with Crippen LogP contribution in [0.25, 0.3) is 0 Å². The number of carbonyl (C=O) groups excluding carboxylic acids is 2. The minimum absolute atomic E-state index is 0.0971. The predicted octanol–water partition coefficient (Wildman–Crippen LogP) is 1.30. The third kappa shape index (κ3) is 6.94. The fourth-order valence-electron chi connectivity index (χ4n) is 1.47. The molecule has 0 aliphatic carbocycles. The van der Waals surface area contributed by atoms with Gasteiger partial charge in [-0.1, -0.05) is 6.92 Å². The molecule has 0 saturated heterocycles. The molecule has 0 bridgehead atoms. The molecule has 0 radical (unpaired) electrons. The molecule has 100 valence electrons. The number of nitrogens with zero attached hydrogens (tertiary/aromatic N) is 2. The quantitative estimate of drug-likeness (QED) is 0.686. The molecule has 17 heavy (non-hydrogen) atoms. The second kappa shape index (κ2) is 8.98. The summed E-state index contributed by atoms with van der Waals surface area (Å²) in [7, 11) is 3.98. The topological polar surface area (TPSA) is 52.7 Å². The van der Waals surface area contributed by atoms with Crippen molar-refractivity contribution in [3.63, 3.8) is 0 Å². The highest BCUT2D eigenvalue weighted by Crippen LogP contribution is 1.98. The van der Waals surface area contributed by atoms with E-state index in [9.17, 15) is 9.59 Å². The van der Waals surface area contributed by atoms with Crippen molar-refractivity contribution in [2.75, 3.05) is 33.7 Å². The van der Waals surface area contributed by atoms with Crippen LogP contribution in [0.4, 0.5) is 4.79 Å². The SMILES string of the molecule is CCCC(=O)N(CC)C(=O)NCCCN(C)C. The van der Waals surface area contributed by atoms with E-state index in [1.54, 1.807) is 0 Å². The molecule has 0 saturated carbocycles. The summed E-state index contributed by atoms with van der Waals surface area (Å²) in [6, 6.07) is -0.273. The van der Waals surface area contributed by atoms with E-state index in [0.29, 0.717) is 19.5 Å². The molecule has 0 aliphatic heterocycles. The zero-order valence-electron chi connectivity index (χ0n) is 11.5. The Labute approximate surface area is 104 Å². The van der Waals surface area contributed by atoms with Crippen LogP contribution in [0.3, 0.4) is 0 Å². The standard InChI is InChI=1S/C12H25N3O2/c1-5-8-11(16)15(6-2)12(17)13-9-7-10-14(3)4/h5-10H2,1-4H3,(H,13,17). The van der Waals surface area contributed by atoms with E-state index in [0.717, 1.165) is 19.4 Å². The first-order valence-electron chi connectivity index (χ1n) is 6.25. The molecular weight excluding hydrogens is 218 g/mol. The Balaban J connectivity index is 3.96. The van der Waals surface area contributed by atoms with Gasteiger partial charge in [-0.3, -0.25) is 9.69 Å². The summed E-state index contributed by atoms with van der Waals surface area (Å²) in [5.74, 6) is -0.0971. The van der Waals surface area contributed by atoms with Gasteiger partial charge in [-0.05, 0) is 40.4 Å². The zero-order valence-corrected chi connectivity index (χ0v) is 11.5. The minimum Gasteiger partial charge on any atom is -0.338 e. The van der Waals surface area contributed by atoms with Gasteiger partial charge in [0.2, 0.25) is 5.91 Å². The summed E-state index contributed by atoms with van der Waals surface area (Å²) in [6.07, 6.45) is 2.08. The molecule has 3 amide bonds. The molecule has 0 aromatic heterocycles. The molecule has 0 aliphatic rings. The zero-order chi connectivity index (χ0) is 13.3. The molecule has 0 aromatic rings.